The number of anilines is 1. The summed E-state index contributed by atoms with van der Waals surface area (Å²) in [6.07, 6.45) is 5.27. The summed E-state index contributed by atoms with van der Waals surface area (Å²) in [5.74, 6) is -0.0246. The molecule has 0 saturated heterocycles. The van der Waals surface area contributed by atoms with Crippen LogP contribution in [-0.2, 0) is 4.79 Å². The number of nitrogens with one attached hydrogen (secondary N) is 1. The highest BCUT2D eigenvalue weighted by Gasteiger charge is 2.10. The Morgan fingerprint density at radius 2 is 2.12 bits per heavy atom. The highest BCUT2D eigenvalue weighted by molar-refractivity contribution is 5.94. The molecule has 1 heterocycles. The molecule has 0 spiro atoms. The first-order valence-corrected chi connectivity index (χ1v) is 5.56. The van der Waals surface area contributed by atoms with Gasteiger partial charge in [-0.15, -0.1) is 0 Å². The lowest BCUT2D eigenvalue weighted by Crippen LogP contribution is -2.18. The molecule has 1 amide bonds. The fraction of sp³-hybridized carbons (Fsp3) is 0.231. The van der Waals surface area contributed by atoms with E-state index >= 15 is 0 Å². The molecule has 17 heavy (non-hydrogen) atoms. The van der Waals surface area contributed by atoms with Crippen molar-refractivity contribution < 1.29 is 4.79 Å². The molecule has 1 aromatic heterocycles. The molecule has 0 aliphatic carbocycles. The number of aromatic nitrogens is 2. The van der Waals surface area contributed by atoms with Gasteiger partial charge in [0, 0.05) is 18.3 Å². The van der Waals surface area contributed by atoms with Gasteiger partial charge in [-0.05, 0) is 12.1 Å². The normalized spacial score (nSPS) is 10.5. The Morgan fingerprint density at radius 3 is 2.76 bits per heavy atom. The van der Waals surface area contributed by atoms with E-state index in [2.05, 4.69) is 10.3 Å². The van der Waals surface area contributed by atoms with Crippen molar-refractivity contribution in [3.8, 4) is 5.69 Å². The number of benzene rings is 1. The first-order chi connectivity index (χ1) is 8.18. The van der Waals surface area contributed by atoms with Gasteiger partial charge in [0.05, 0.1) is 17.7 Å². The van der Waals surface area contributed by atoms with E-state index < -0.39 is 0 Å². The highest BCUT2D eigenvalue weighted by Crippen LogP contribution is 2.20. The Bertz CT molecular complexity index is 503. The van der Waals surface area contributed by atoms with E-state index in [1.807, 2.05) is 48.9 Å². The Kier molecular flexibility index (Phi) is 3.23. The second kappa shape index (κ2) is 4.82. The van der Waals surface area contributed by atoms with Gasteiger partial charge in [0.2, 0.25) is 5.91 Å². The van der Waals surface area contributed by atoms with Crippen molar-refractivity contribution >= 4 is 11.6 Å². The number of rotatable bonds is 3. The Hall–Kier alpha value is -2.10. The SMILES string of the molecule is CC(C)C(=O)Nc1ccccc1-n1ccnc1. The molecule has 0 saturated carbocycles. The maximum Gasteiger partial charge on any atom is 0.226 e. The van der Waals surface area contributed by atoms with E-state index in [0.29, 0.717) is 0 Å². The topological polar surface area (TPSA) is 46.9 Å². The van der Waals surface area contributed by atoms with Crippen LogP contribution in [0.5, 0.6) is 0 Å². The van der Waals surface area contributed by atoms with Crippen molar-refractivity contribution in [1.29, 1.82) is 0 Å². The van der Waals surface area contributed by atoms with Crippen molar-refractivity contribution in [2.45, 2.75) is 13.8 Å². The van der Waals surface area contributed by atoms with Crippen LogP contribution in [0.15, 0.2) is 43.0 Å². The number of nitrogens with zero attached hydrogens (tertiary/aromatic N) is 2. The number of carbonyl (C=O) groups is 1. The van der Waals surface area contributed by atoms with Crippen molar-refractivity contribution in [3.05, 3.63) is 43.0 Å². The van der Waals surface area contributed by atoms with Gasteiger partial charge in [-0.2, -0.15) is 0 Å². The lowest BCUT2D eigenvalue weighted by atomic mass is 10.2. The predicted molar refractivity (Wildman–Crippen MR) is 67.0 cm³/mol. The van der Waals surface area contributed by atoms with Crippen LogP contribution in [0.1, 0.15) is 13.8 Å². The molecule has 0 radical (unpaired) electrons. The molecule has 1 aromatic carbocycles. The van der Waals surface area contributed by atoms with Gasteiger partial charge in [-0.3, -0.25) is 4.79 Å². The highest BCUT2D eigenvalue weighted by atomic mass is 16.1. The molecule has 0 unspecified atom stereocenters. The Labute approximate surface area is 100 Å². The zero-order valence-corrected chi connectivity index (χ0v) is 9.92. The lowest BCUT2D eigenvalue weighted by Gasteiger charge is -2.12. The van der Waals surface area contributed by atoms with Crippen molar-refractivity contribution in [3.63, 3.8) is 0 Å². The van der Waals surface area contributed by atoms with Gasteiger partial charge in [0.15, 0.2) is 0 Å². The van der Waals surface area contributed by atoms with Crippen LogP contribution in [0.2, 0.25) is 0 Å². The molecule has 2 rings (SSSR count). The number of amides is 1. The molecule has 88 valence electrons. The van der Waals surface area contributed by atoms with Gasteiger partial charge in [0.25, 0.3) is 0 Å². The molecule has 0 fully saturated rings. The molecule has 0 bridgehead atoms. The van der Waals surface area contributed by atoms with Crippen LogP contribution in [0, 0.1) is 5.92 Å². The molecule has 1 N–H and O–H groups in total. The van der Waals surface area contributed by atoms with E-state index in [0.717, 1.165) is 11.4 Å². The lowest BCUT2D eigenvalue weighted by molar-refractivity contribution is -0.118. The van der Waals surface area contributed by atoms with Crippen molar-refractivity contribution in [2.75, 3.05) is 5.32 Å². The number of carbonyl (C=O) groups excluding carboxylic acids is 1. The monoisotopic (exact) mass is 229 g/mol. The van der Waals surface area contributed by atoms with Crippen LogP contribution < -0.4 is 5.32 Å². The van der Waals surface area contributed by atoms with Crippen LogP contribution in [0.25, 0.3) is 5.69 Å². The quantitative estimate of drug-likeness (QED) is 0.878. The van der Waals surface area contributed by atoms with Gasteiger partial charge >= 0.3 is 0 Å². The smallest absolute Gasteiger partial charge is 0.226 e. The summed E-state index contributed by atoms with van der Waals surface area (Å²) in [5.41, 5.74) is 1.71. The fourth-order valence-electron chi connectivity index (χ4n) is 1.48. The van der Waals surface area contributed by atoms with E-state index in [1.165, 1.54) is 0 Å². The van der Waals surface area contributed by atoms with Gasteiger partial charge < -0.3 is 9.88 Å². The minimum atomic E-state index is -0.0363. The average molecular weight is 229 g/mol. The summed E-state index contributed by atoms with van der Waals surface area (Å²) >= 11 is 0. The van der Waals surface area contributed by atoms with Gasteiger partial charge in [-0.25, -0.2) is 4.98 Å². The van der Waals surface area contributed by atoms with Crippen LogP contribution in [-0.4, -0.2) is 15.5 Å². The Balaban J connectivity index is 2.32. The third-order valence-electron chi connectivity index (χ3n) is 2.47. The van der Waals surface area contributed by atoms with E-state index in [4.69, 9.17) is 0 Å². The largest absolute Gasteiger partial charge is 0.324 e. The summed E-state index contributed by atoms with van der Waals surface area (Å²) in [6.45, 7) is 3.74. The molecular formula is C13H15N3O. The maximum absolute atomic E-state index is 11.7. The second-order valence-electron chi connectivity index (χ2n) is 4.13. The summed E-state index contributed by atoms with van der Waals surface area (Å²) in [6, 6.07) is 7.66. The first kappa shape index (κ1) is 11.4. The maximum atomic E-state index is 11.7. The third kappa shape index (κ3) is 2.53. The van der Waals surface area contributed by atoms with Crippen LogP contribution in [0.4, 0.5) is 5.69 Å². The standard InChI is InChI=1S/C13H15N3O/c1-10(2)13(17)15-11-5-3-4-6-12(11)16-8-7-14-9-16/h3-10H,1-2H3,(H,15,17). The molecule has 4 nitrogen and oxygen atoms in total. The van der Waals surface area contributed by atoms with Crippen molar-refractivity contribution in [1.82, 2.24) is 9.55 Å². The predicted octanol–water partition coefficient (Wildman–Crippen LogP) is 2.47. The minimum absolute atomic E-state index is 0.0116. The molecule has 2 aromatic rings. The number of hydrogen-bond donors (Lipinski definition) is 1. The first-order valence-electron chi connectivity index (χ1n) is 5.56. The minimum Gasteiger partial charge on any atom is -0.324 e. The molecule has 0 aliphatic rings. The summed E-state index contributed by atoms with van der Waals surface area (Å²) in [4.78, 5) is 15.7. The molecule has 0 atom stereocenters. The van der Waals surface area contributed by atoms with Gasteiger partial charge in [0.1, 0.15) is 0 Å². The zero-order valence-electron chi connectivity index (χ0n) is 9.92. The van der Waals surface area contributed by atoms with E-state index in [-0.39, 0.29) is 11.8 Å². The molecule has 4 heteroatoms. The van der Waals surface area contributed by atoms with E-state index in [1.54, 1.807) is 12.5 Å². The van der Waals surface area contributed by atoms with Crippen molar-refractivity contribution in [2.24, 2.45) is 5.92 Å². The second-order valence-corrected chi connectivity index (χ2v) is 4.13. The zero-order chi connectivity index (χ0) is 12.3. The van der Waals surface area contributed by atoms with E-state index in [9.17, 15) is 4.79 Å². The Morgan fingerprint density at radius 1 is 1.35 bits per heavy atom. The number of hydrogen-bond acceptors (Lipinski definition) is 2. The summed E-state index contributed by atoms with van der Waals surface area (Å²) in [5, 5.41) is 2.91. The molecule has 0 aliphatic heterocycles. The number of imidazole rings is 1. The fourth-order valence-corrected chi connectivity index (χ4v) is 1.48. The van der Waals surface area contributed by atoms with Gasteiger partial charge in [-0.1, -0.05) is 26.0 Å². The van der Waals surface area contributed by atoms with Crippen LogP contribution >= 0.6 is 0 Å². The third-order valence-corrected chi connectivity index (χ3v) is 2.47. The summed E-state index contributed by atoms with van der Waals surface area (Å²) < 4.78 is 1.87. The average Bonchev–Trinajstić information content (AvgIpc) is 2.83. The summed E-state index contributed by atoms with van der Waals surface area (Å²) in [7, 11) is 0. The number of para-hydroxylation sites is 2. The molecular weight excluding hydrogens is 214 g/mol. The van der Waals surface area contributed by atoms with Crippen LogP contribution in [0.3, 0.4) is 0 Å².